The summed E-state index contributed by atoms with van der Waals surface area (Å²) in [6.45, 7) is 4.14. The zero-order valence-electron chi connectivity index (χ0n) is 15.8. The van der Waals surface area contributed by atoms with E-state index in [9.17, 15) is 13.2 Å². The Bertz CT molecular complexity index is 873. The van der Waals surface area contributed by atoms with Crippen molar-refractivity contribution in [1.29, 1.82) is 0 Å². The molecular weight excluding hydrogens is 368 g/mol. The molecule has 8 heteroatoms. The van der Waals surface area contributed by atoms with Gasteiger partial charge in [0.05, 0.1) is 19.1 Å². The topological polar surface area (TPSA) is 93.7 Å². The van der Waals surface area contributed by atoms with Crippen molar-refractivity contribution in [3.63, 3.8) is 0 Å². The van der Waals surface area contributed by atoms with Gasteiger partial charge in [-0.25, -0.2) is 8.42 Å². The number of nitrogens with one attached hydrogen (secondary N) is 2. The molecule has 0 saturated heterocycles. The Hall–Kier alpha value is -2.58. The van der Waals surface area contributed by atoms with Gasteiger partial charge < -0.3 is 9.47 Å². The highest BCUT2D eigenvalue weighted by molar-refractivity contribution is 7.89. The molecule has 0 aromatic heterocycles. The molecule has 2 rings (SSSR count). The van der Waals surface area contributed by atoms with Crippen LogP contribution in [0.2, 0.25) is 0 Å². The zero-order valence-corrected chi connectivity index (χ0v) is 16.6. The van der Waals surface area contributed by atoms with Crippen molar-refractivity contribution in [3.8, 4) is 11.5 Å². The van der Waals surface area contributed by atoms with Gasteiger partial charge in [0.2, 0.25) is 0 Å². The summed E-state index contributed by atoms with van der Waals surface area (Å²) in [6.07, 6.45) is 0.963. The molecule has 1 amide bonds. The Morgan fingerprint density at radius 3 is 2.07 bits per heavy atom. The summed E-state index contributed by atoms with van der Waals surface area (Å²) in [7, 11) is -0.967. The number of ether oxygens (including phenoxy) is 2. The summed E-state index contributed by atoms with van der Waals surface area (Å²) < 4.78 is 35.0. The number of rotatable bonds is 8. The lowest BCUT2D eigenvalue weighted by molar-refractivity contribution is 0.0944. The molecule has 0 aliphatic rings. The Balaban J connectivity index is 2.11. The van der Waals surface area contributed by atoms with Crippen molar-refractivity contribution >= 4 is 15.9 Å². The molecular formula is C19H24N2O5S. The van der Waals surface area contributed by atoms with Crippen LogP contribution in [0.5, 0.6) is 11.5 Å². The summed E-state index contributed by atoms with van der Waals surface area (Å²) >= 11 is 0. The quantitative estimate of drug-likeness (QED) is 0.674. The van der Waals surface area contributed by atoms with Crippen LogP contribution in [0.1, 0.15) is 42.1 Å². The second-order valence-corrected chi connectivity index (χ2v) is 7.72. The molecule has 0 aliphatic carbocycles. The molecule has 0 saturated carbocycles. The third kappa shape index (κ3) is 5.21. The van der Waals surface area contributed by atoms with Gasteiger partial charge in [0, 0.05) is 11.6 Å². The predicted octanol–water partition coefficient (Wildman–Crippen LogP) is 2.84. The summed E-state index contributed by atoms with van der Waals surface area (Å²) in [6, 6.07) is 11.2. The SMILES string of the molecule is CC[C@@H](C)c1ccc(S(=O)(=O)NNC(=O)c2cc(OC)cc(OC)c2)cc1. The number of carbonyl (C=O) groups is 1. The Morgan fingerprint density at radius 1 is 1.04 bits per heavy atom. The van der Waals surface area contributed by atoms with Crippen molar-refractivity contribution in [2.75, 3.05) is 14.2 Å². The second-order valence-electron chi connectivity index (χ2n) is 6.04. The molecule has 146 valence electrons. The standard InChI is InChI=1S/C19H24N2O5S/c1-5-13(2)14-6-8-18(9-7-14)27(23,24)21-20-19(22)15-10-16(25-3)12-17(11-15)26-4/h6-13,21H,5H2,1-4H3,(H,20,22)/t13-/m1/s1. The average Bonchev–Trinajstić information content (AvgIpc) is 2.70. The molecule has 0 fully saturated rings. The average molecular weight is 392 g/mol. The Morgan fingerprint density at radius 2 is 1.59 bits per heavy atom. The van der Waals surface area contributed by atoms with E-state index in [-0.39, 0.29) is 10.5 Å². The minimum absolute atomic E-state index is 0.0677. The van der Waals surface area contributed by atoms with E-state index >= 15 is 0 Å². The minimum atomic E-state index is -3.89. The Labute approximate surface area is 159 Å². The molecule has 0 radical (unpaired) electrons. The molecule has 0 spiro atoms. The smallest absolute Gasteiger partial charge is 0.266 e. The number of hydrazine groups is 1. The molecule has 2 aromatic rings. The van der Waals surface area contributed by atoms with Gasteiger partial charge in [-0.15, -0.1) is 4.83 Å². The van der Waals surface area contributed by atoms with Gasteiger partial charge in [0.15, 0.2) is 0 Å². The van der Waals surface area contributed by atoms with Gasteiger partial charge >= 0.3 is 0 Å². The van der Waals surface area contributed by atoms with Gasteiger partial charge in [0.1, 0.15) is 11.5 Å². The van der Waals surface area contributed by atoms with E-state index in [1.165, 1.54) is 38.5 Å². The van der Waals surface area contributed by atoms with E-state index in [1.807, 2.05) is 0 Å². The maximum Gasteiger partial charge on any atom is 0.266 e. The van der Waals surface area contributed by atoms with E-state index in [2.05, 4.69) is 24.1 Å². The van der Waals surface area contributed by atoms with Crippen LogP contribution in [0, 0.1) is 0 Å². The normalized spacial score (nSPS) is 12.3. The van der Waals surface area contributed by atoms with Crippen LogP contribution in [0.3, 0.4) is 0 Å². The van der Waals surface area contributed by atoms with Crippen LogP contribution in [0.4, 0.5) is 0 Å². The Kier molecular flexibility index (Phi) is 6.81. The first-order chi connectivity index (χ1) is 12.8. The number of amides is 1. The van der Waals surface area contributed by atoms with Crippen molar-refractivity contribution in [1.82, 2.24) is 10.3 Å². The first kappa shape index (κ1) is 20.7. The van der Waals surface area contributed by atoms with E-state index in [0.717, 1.165) is 12.0 Å². The highest BCUT2D eigenvalue weighted by Crippen LogP contribution is 2.23. The fourth-order valence-electron chi connectivity index (χ4n) is 2.39. The fraction of sp³-hybridized carbons (Fsp3) is 0.316. The summed E-state index contributed by atoms with van der Waals surface area (Å²) in [4.78, 5) is 14.5. The molecule has 0 bridgehead atoms. The van der Waals surface area contributed by atoms with Crippen molar-refractivity contribution in [3.05, 3.63) is 53.6 Å². The third-order valence-electron chi connectivity index (χ3n) is 4.28. The molecule has 0 heterocycles. The van der Waals surface area contributed by atoms with Crippen molar-refractivity contribution < 1.29 is 22.7 Å². The van der Waals surface area contributed by atoms with Crippen LogP contribution in [-0.2, 0) is 10.0 Å². The van der Waals surface area contributed by atoms with E-state index in [0.29, 0.717) is 17.4 Å². The summed E-state index contributed by atoms with van der Waals surface area (Å²) in [5.41, 5.74) is 3.46. The van der Waals surface area contributed by atoms with Crippen molar-refractivity contribution in [2.24, 2.45) is 0 Å². The maximum absolute atomic E-state index is 12.4. The lowest BCUT2D eigenvalue weighted by atomic mass is 9.99. The molecule has 0 aliphatic heterocycles. The molecule has 2 N–H and O–H groups in total. The molecule has 0 unspecified atom stereocenters. The highest BCUT2D eigenvalue weighted by atomic mass is 32.2. The fourth-order valence-corrected chi connectivity index (χ4v) is 3.23. The van der Waals surface area contributed by atoms with E-state index in [1.54, 1.807) is 18.2 Å². The zero-order chi connectivity index (χ0) is 20.0. The maximum atomic E-state index is 12.4. The van der Waals surface area contributed by atoms with E-state index in [4.69, 9.17) is 9.47 Å². The summed E-state index contributed by atoms with van der Waals surface area (Å²) in [5, 5.41) is 0. The van der Waals surface area contributed by atoms with Gasteiger partial charge in [-0.05, 0) is 42.2 Å². The lowest BCUT2D eigenvalue weighted by Crippen LogP contribution is -2.41. The van der Waals surface area contributed by atoms with Gasteiger partial charge in [-0.1, -0.05) is 26.0 Å². The first-order valence-electron chi connectivity index (χ1n) is 8.46. The van der Waals surface area contributed by atoms with Crippen LogP contribution in [0.25, 0.3) is 0 Å². The molecule has 27 heavy (non-hydrogen) atoms. The molecule has 1 atom stereocenters. The molecule has 7 nitrogen and oxygen atoms in total. The van der Waals surface area contributed by atoms with Crippen LogP contribution in [0.15, 0.2) is 47.4 Å². The first-order valence-corrected chi connectivity index (χ1v) is 9.94. The predicted molar refractivity (Wildman–Crippen MR) is 102 cm³/mol. The monoisotopic (exact) mass is 392 g/mol. The van der Waals surface area contributed by atoms with Gasteiger partial charge in [-0.3, -0.25) is 10.2 Å². The summed E-state index contributed by atoms with van der Waals surface area (Å²) in [5.74, 6) is 0.551. The highest BCUT2D eigenvalue weighted by Gasteiger charge is 2.17. The van der Waals surface area contributed by atoms with Crippen LogP contribution in [-0.4, -0.2) is 28.5 Å². The van der Waals surface area contributed by atoms with Gasteiger partial charge in [0.25, 0.3) is 15.9 Å². The van der Waals surface area contributed by atoms with Crippen LogP contribution < -0.4 is 19.7 Å². The number of benzene rings is 2. The van der Waals surface area contributed by atoms with Crippen molar-refractivity contribution in [2.45, 2.75) is 31.1 Å². The van der Waals surface area contributed by atoms with E-state index < -0.39 is 15.9 Å². The van der Waals surface area contributed by atoms with Gasteiger partial charge in [-0.2, -0.15) is 0 Å². The number of methoxy groups -OCH3 is 2. The number of hydrogen-bond acceptors (Lipinski definition) is 5. The third-order valence-corrected chi connectivity index (χ3v) is 5.55. The minimum Gasteiger partial charge on any atom is -0.497 e. The largest absolute Gasteiger partial charge is 0.497 e. The molecule has 2 aromatic carbocycles. The number of carbonyl (C=O) groups excluding carboxylic acids is 1. The second kappa shape index (κ2) is 8.88. The lowest BCUT2D eigenvalue weighted by Gasteiger charge is -2.12. The number of sulfonamides is 1. The van der Waals surface area contributed by atoms with Crippen LogP contribution >= 0.6 is 0 Å². The number of hydrogen-bond donors (Lipinski definition) is 2.